The lowest BCUT2D eigenvalue weighted by atomic mass is 9.94. The number of carbonyl (C=O) groups is 3. The van der Waals surface area contributed by atoms with Crippen LogP contribution in [0.4, 0.5) is 0 Å². The number of rotatable bonds is 10. The average Bonchev–Trinajstić information content (AvgIpc) is 3.15. The van der Waals surface area contributed by atoms with Crippen molar-refractivity contribution in [2.45, 2.75) is 44.6 Å². The van der Waals surface area contributed by atoms with Gasteiger partial charge in [-0.3, -0.25) is 19.3 Å². The number of methoxy groups -OCH3 is 3. The SMILES string of the molecule is COCCCN1C(=O)c2ccc(C(=O)N3CCCCC3CCc3ccc(OC)c(OC)c3)cc2C1=O. The van der Waals surface area contributed by atoms with Gasteiger partial charge >= 0.3 is 0 Å². The molecule has 0 spiro atoms. The number of benzene rings is 2. The van der Waals surface area contributed by atoms with Gasteiger partial charge in [0, 0.05) is 38.4 Å². The van der Waals surface area contributed by atoms with Crippen LogP contribution < -0.4 is 9.47 Å². The van der Waals surface area contributed by atoms with E-state index in [2.05, 4.69) is 0 Å². The summed E-state index contributed by atoms with van der Waals surface area (Å²) < 4.78 is 15.8. The van der Waals surface area contributed by atoms with Gasteiger partial charge in [0.05, 0.1) is 25.3 Å². The van der Waals surface area contributed by atoms with Crippen molar-refractivity contribution in [3.63, 3.8) is 0 Å². The highest BCUT2D eigenvalue weighted by Crippen LogP contribution is 2.30. The summed E-state index contributed by atoms with van der Waals surface area (Å²) in [6.45, 7) is 1.45. The lowest BCUT2D eigenvalue weighted by molar-refractivity contribution is 0.0600. The molecular weight excluding hydrogens is 460 g/mol. The van der Waals surface area contributed by atoms with E-state index in [0.29, 0.717) is 54.3 Å². The molecule has 0 saturated carbocycles. The predicted octanol–water partition coefficient (Wildman–Crippen LogP) is 3.96. The Bertz CT molecular complexity index is 1130. The van der Waals surface area contributed by atoms with Crippen LogP contribution in [-0.4, -0.2) is 74.6 Å². The fourth-order valence-corrected chi connectivity index (χ4v) is 5.10. The second-order valence-electron chi connectivity index (χ2n) is 9.24. The first-order chi connectivity index (χ1) is 17.5. The van der Waals surface area contributed by atoms with Crippen LogP contribution in [0.25, 0.3) is 0 Å². The van der Waals surface area contributed by atoms with E-state index in [1.54, 1.807) is 39.5 Å². The summed E-state index contributed by atoms with van der Waals surface area (Å²) in [7, 11) is 4.82. The lowest BCUT2D eigenvalue weighted by Crippen LogP contribution is -2.44. The maximum atomic E-state index is 13.5. The van der Waals surface area contributed by atoms with E-state index in [4.69, 9.17) is 14.2 Å². The third-order valence-electron chi connectivity index (χ3n) is 7.05. The second kappa shape index (κ2) is 11.6. The maximum absolute atomic E-state index is 13.5. The van der Waals surface area contributed by atoms with Crippen molar-refractivity contribution in [1.29, 1.82) is 0 Å². The molecule has 1 unspecified atom stereocenters. The number of aryl methyl sites for hydroxylation is 1. The Hall–Kier alpha value is -3.39. The zero-order valence-corrected chi connectivity index (χ0v) is 21.2. The Labute approximate surface area is 212 Å². The van der Waals surface area contributed by atoms with Crippen molar-refractivity contribution < 1.29 is 28.6 Å². The number of likely N-dealkylation sites (tertiary alicyclic amines) is 1. The molecule has 2 aromatic rings. The number of piperidine rings is 1. The van der Waals surface area contributed by atoms with E-state index < -0.39 is 0 Å². The van der Waals surface area contributed by atoms with E-state index in [0.717, 1.165) is 37.7 Å². The standard InChI is InChI=1S/C28H34N2O6/c1-34-16-6-15-30-27(32)22-12-10-20(18-23(22)28(30)33)26(31)29-14-5-4-7-21(29)11-8-19-9-13-24(35-2)25(17-19)36-3/h9-10,12-13,17-18,21H,4-8,11,14-16H2,1-3H3. The minimum absolute atomic E-state index is 0.0899. The largest absolute Gasteiger partial charge is 0.493 e. The minimum Gasteiger partial charge on any atom is -0.493 e. The van der Waals surface area contributed by atoms with Crippen LogP contribution in [0.2, 0.25) is 0 Å². The summed E-state index contributed by atoms with van der Waals surface area (Å²) in [5.41, 5.74) is 2.24. The fraction of sp³-hybridized carbons (Fsp3) is 0.464. The zero-order chi connectivity index (χ0) is 25.7. The van der Waals surface area contributed by atoms with Gasteiger partial charge < -0.3 is 19.1 Å². The molecule has 1 atom stereocenters. The molecular formula is C28H34N2O6. The Morgan fingerprint density at radius 3 is 2.47 bits per heavy atom. The van der Waals surface area contributed by atoms with Crippen molar-refractivity contribution in [2.24, 2.45) is 0 Å². The van der Waals surface area contributed by atoms with E-state index >= 15 is 0 Å². The summed E-state index contributed by atoms with van der Waals surface area (Å²) in [6, 6.07) is 10.9. The van der Waals surface area contributed by atoms with Crippen molar-refractivity contribution in [3.05, 3.63) is 58.7 Å². The number of hydrogen-bond acceptors (Lipinski definition) is 6. The highest BCUT2D eigenvalue weighted by atomic mass is 16.5. The summed E-state index contributed by atoms with van der Waals surface area (Å²) in [4.78, 5) is 42.3. The van der Waals surface area contributed by atoms with E-state index in [1.807, 2.05) is 23.1 Å². The van der Waals surface area contributed by atoms with Crippen LogP contribution in [-0.2, 0) is 11.2 Å². The molecule has 8 nitrogen and oxygen atoms in total. The summed E-state index contributed by atoms with van der Waals surface area (Å²) >= 11 is 0. The van der Waals surface area contributed by atoms with Gasteiger partial charge in [0.15, 0.2) is 11.5 Å². The van der Waals surface area contributed by atoms with Crippen LogP contribution in [0.1, 0.15) is 68.7 Å². The molecule has 2 heterocycles. The summed E-state index contributed by atoms with van der Waals surface area (Å²) in [6.07, 6.45) is 5.18. The molecule has 2 aliphatic heterocycles. The van der Waals surface area contributed by atoms with Crippen molar-refractivity contribution in [2.75, 3.05) is 41.0 Å². The predicted molar refractivity (Wildman–Crippen MR) is 135 cm³/mol. The third-order valence-corrected chi connectivity index (χ3v) is 7.05. The molecule has 0 bridgehead atoms. The molecule has 0 aliphatic carbocycles. The highest BCUT2D eigenvalue weighted by molar-refractivity contribution is 6.22. The van der Waals surface area contributed by atoms with Crippen molar-refractivity contribution >= 4 is 17.7 Å². The molecule has 1 saturated heterocycles. The Balaban J connectivity index is 1.47. The normalized spacial score (nSPS) is 17.4. The van der Waals surface area contributed by atoms with Gasteiger partial charge in [0.2, 0.25) is 0 Å². The number of imide groups is 1. The molecule has 8 heteroatoms. The van der Waals surface area contributed by atoms with Gasteiger partial charge in [-0.15, -0.1) is 0 Å². The van der Waals surface area contributed by atoms with Gasteiger partial charge in [0.1, 0.15) is 0 Å². The number of carbonyl (C=O) groups excluding carboxylic acids is 3. The highest BCUT2D eigenvalue weighted by Gasteiger charge is 2.36. The Morgan fingerprint density at radius 1 is 0.944 bits per heavy atom. The second-order valence-corrected chi connectivity index (χ2v) is 9.24. The van der Waals surface area contributed by atoms with Crippen LogP contribution in [0.5, 0.6) is 11.5 Å². The van der Waals surface area contributed by atoms with Gasteiger partial charge in [-0.1, -0.05) is 6.07 Å². The van der Waals surface area contributed by atoms with Crippen LogP contribution in [0.15, 0.2) is 36.4 Å². The Kier molecular flexibility index (Phi) is 8.25. The molecule has 2 aromatic carbocycles. The van der Waals surface area contributed by atoms with Crippen LogP contribution in [0, 0.1) is 0 Å². The number of amides is 3. The van der Waals surface area contributed by atoms with Gasteiger partial charge in [0.25, 0.3) is 17.7 Å². The Morgan fingerprint density at radius 2 is 1.72 bits per heavy atom. The topological polar surface area (TPSA) is 85.4 Å². The van der Waals surface area contributed by atoms with E-state index in [-0.39, 0.29) is 23.8 Å². The van der Waals surface area contributed by atoms with Crippen LogP contribution >= 0.6 is 0 Å². The fourth-order valence-electron chi connectivity index (χ4n) is 5.10. The number of hydrogen-bond donors (Lipinski definition) is 0. The summed E-state index contributed by atoms with van der Waals surface area (Å²) in [5.74, 6) is 0.644. The first-order valence-corrected chi connectivity index (χ1v) is 12.5. The first kappa shape index (κ1) is 25.7. The molecule has 192 valence electrons. The maximum Gasteiger partial charge on any atom is 0.261 e. The van der Waals surface area contributed by atoms with Crippen molar-refractivity contribution in [3.8, 4) is 11.5 Å². The summed E-state index contributed by atoms with van der Waals surface area (Å²) in [5, 5.41) is 0. The number of ether oxygens (including phenoxy) is 3. The first-order valence-electron chi connectivity index (χ1n) is 12.5. The number of fused-ring (bicyclic) bond motifs is 1. The van der Waals surface area contributed by atoms with Gasteiger partial charge in [-0.25, -0.2) is 0 Å². The van der Waals surface area contributed by atoms with E-state index in [9.17, 15) is 14.4 Å². The molecule has 1 fully saturated rings. The van der Waals surface area contributed by atoms with Crippen molar-refractivity contribution in [1.82, 2.24) is 9.80 Å². The molecule has 4 rings (SSSR count). The van der Waals surface area contributed by atoms with Gasteiger partial charge in [-0.05, 0) is 74.4 Å². The molecule has 3 amide bonds. The number of nitrogens with zero attached hydrogens (tertiary/aromatic N) is 2. The zero-order valence-electron chi connectivity index (χ0n) is 21.2. The quantitative estimate of drug-likeness (QED) is 0.367. The minimum atomic E-state index is -0.343. The molecule has 36 heavy (non-hydrogen) atoms. The molecule has 2 aliphatic rings. The average molecular weight is 495 g/mol. The molecule has 0 aromatic heterocycles. The van der Waals surface area contributed by atoms with E-state index in [1.165, 1.54) is 4.90 Å². The third kappa shape index (κ3) is 5.23. The molecule has 0 N–H and O–H groups in total. The monoisotopic (exact) mass is 494 g/mol. The lowest BCUT2D eigenvalue weighted by Gasteiger charge is -2.36. The van der Waals surface area contributed by atoms with Crippen LogP contribution in [0.3, 0.4) is 0 Å². The smallest absolute Gasteiger partial charge is 0.261 e. The molecule has 0 radical (unpaired) electrons. The van der Waals surface area contributed by atoms with Gasteiger partial charge in [-0.2, -0.15) is 0 Å².